The molecule has 1 aromatic carbocycles. The number of hydrogen-bond donors (Lipinski definition) is 2. The number of rotatable bonds is 5. The van der Waals surface area contributed by atoms with Gasteiger partial charge in [-0.2, -0.15) is 0 Å². The Labute approximate surface area is 171 Å². The summed E-state index contributed by atoms with van der Waals surface area (Å²) in [4.78, 5) is 23.4. The molecule has 1 saturated heterocycles. The monoisotopic (exact) mass is 391 g/mol. The molecule has 7 heteroatoms. The third-order valence-corrected chi connectivity index (χ3v) is 5.27. The standard InChI is InChI=1S/C22H25N5O2/c1-2-3-12-27-20-18(24-22(27)25-14-10-23-11-15-25)9-13-26(21(20)29)16-19(28)17-7-5-4-6-8-17/h4-9,13,22-23,29H,10-12,14-16H2,1H3. The van der Waals surface area contributed by atoms with E-state index in [1.54, 1.807) is 30.2 Å². The number of piperazine rings is 1. The molecule has 1 unspecified atom stereocenters. The van der Waals surface area contributed by atoms with Gasteiger partial charge in [0.1, 0.15) is 5.70 Å². The van der Waals surface area contributed by atoms with E-state index in [4.69, 9.17) is 4.99 Å². The lowest BCUT2D eigenvalue weighted by atomic mass is 10.1. The lowest BCUT2D eigenvalue weighted by Crippen LogP contribution is -2.52. The molecule has 0 spiro atoms. The molecule has 2 N–H and O–H groups in total. The van der Waals surface area contributed by atoms with Gasteiger partial charge in [-0.25, -0.2) is 4.99 Å². The highest BCUT2D eigenvalue weighted by Gasteiger charge is 2.38. The van der Waals surface area contributed by atoms with E-state index >= 15 is 0 Å². The number of allylic oxidation sites excluding steroid dienone is 1. The number of aliphatic hydroxyl groups excluding tert-OH is 1. The van der Waals surface area contributed by atoms with E-state index in [0.717, 1.165) is 31.9 Å². The number of carbonyl (C=O) groups is 1. The van der Waals surface area contributed by atoms with E-state index in [1.807, 2.05) is 29.2 Å². The van der Waals surface area contributed by atoms with Crippen LogP contribution in [0.1, 0.15) is 17.3 Å². The van der Waals surface area contributed by atoms with E-state index < -0.39 is 0 Å². The minimum Gasteiger partial charge on any atom is -0.493 e. The first-order chi connectivity index (χ1) is 14.2. The van der Waals surface area contributed by atoms with Gasteiger partial charge in [-0.05, 0) is 13.0 Å². The van der Waals surface area contributed by atoms with Gasteiger partial charge in [0.25, 0.3) is 0 Å². The van der Waals surface area contributed by atoms with Gasteiger partial charge < -0.3 is 20.2 Å². The van der Waals surface area contributed by atoms with E-state index in [9.17, 15) is 9.90 Å². The topological polar surface area (TPSA) is 71.4 Å². The zero-order chi connectivity index (χ0) is 20.2. The molecular formula is C22H25N5O2. The molecule has 3 heterocycles. The summed E-state index contributed by atoms with van der Waals surface area (Å²) in [6.45, 7) is 5.91. The zero-order valence-electron chi connectivity index (χ0n) is 16.5. The highest BCUT2D eigenvalue weighted by Crippen LogP contribution is 2.30. The van der Waals surface area contributed by atoms with Gasteiger partial charge in [-0.3, -0.25) is 9.69 Å². The number of aliphatic hydroxyl groups is 1. The fourth-order valence-electron chi connectivity index (χ4n) is 3.76. The van der Waals surface area contributed by atoms with Crippen molar-refractivity contribution >= 4 is 11.5 Å². The lowest BCUT2D eigenvalue weighted by molar-refractivity contribution is 0.0772. The van der Waals surface area contributed by atoms with Crippen molar-refractivity contribution in [2.45, 2.75) is 13.2 Å². The Bertz CT molecular complexity index is 920. The van der Waals surface area contributed by atoms with Crippen LogP contribution in [-0.4, -0.2) is 76.9 Å². The number of nitrogens with one attached hydrogen (secondary N) is 1. The summed E-state index contributed by atoms with van der Waals surface area (Å²) in [6, 6.07) is 9.12. The molecule has 1 fully saturated rings. The maximum absolute atomic E-state index is 12.6. The van der Waals surface area contributed by atoms with Gasteiger partial charge in [-0.1, -0.05) is 36.3 Å². The van der Waals surface area contributed by atoms with Crippen molar-refractivity contribution in [3.05, 3.63) is 59.8 Å². The SMILES string of the molecule is CC#CCN1C2=C(O)N(CC(=O)c3ccccc3)C=CC2=NC1N1CCNCC1. The van der Waals surface area contributed by atoms with Crippen molar-refractivity contribution in [2.75, 3.05) is 39.3 Å². The third-order valence-electron chi connectivity index (χ3n) is 5.27. The predicted molar refractivity (Wildman–Crippen MR) is 112 cm³/mol. The highest BCUT2D eigenvalue weighted by molar-refractivity contribution is 6.10. The van der Waals surface area contributed by atoms with E-state index in [1.165, 1.54) is 0 Å². The first kappa shape index (κ1) is 19.2. The number of fused-ring (bicyclic) bond motifs is 1. The van der Waals surface area contributed by atoms with Crippen LogP contribution in [0, 0.1) is 11.8 Å². The zero-order valence-corrected chi connectivity index (χ0v) is 16.5. The van der Waals surface area contributed by atoms with Gasteiger partial charge in [-0.15, -0.1) is 5.92 Å². The Balaban J connectivity index is 1.59. The Morgan fingerprint density at radius 1 is 1.28 bits per heavy atom. The molecular weight excluding hydrogens is 366 g/mol. The Morgan fingerprint density at radius 2 is 2.03 bits per heavy atom. The summed E-state index contributed by atoms with van der Waals surface area (Å²) in [5.41, 5.74) is 1.99. The molecule has 3 aliphatic heterocycles. The maximum atomic E-state index is 12.6. The van der Waals surface area contributed by atoms with Crippen molar-refractivity contribution in [2.24, 2.45) is 4.99 Å². The molecule has 1 atom stereocenters. The highest BCUT2D eigenvalue weighted by atomic mass is 16.3. The maximum Gasteiger partial charge on any atom is 0.218 e. The number of carbonyl (C=O) groups excluding carboxylic acids is 1. The van der Waals surface area contributed by atoms with Crippen LogP contribution in [0.25, 0.3) is 0 Å². The average Bonchev–Trinajstić information content (AvgIpc) is 3.14. The molecule has 0 saturated carbocycles. The molecule has 0 bridgehead atoms. The van der Waals surface area contributed by atoms with Gasteiger partial charge >= 0.3 is 0 Å². The minimum atomic E-state index is -0.195. The second kappa shape index (κ2) is 8.52. The third kappa shape index (κ3) is 3.90. The number of aliphatic imine (C=N–C) groups is 1. The molecule has 0 aliphatic carbocycles. The van der Waals surface area contributed by atoms with Gasteiger partial charge in [0, 0.05) is 37.9 Å². The van der Waals surface area contributed by atoms with Crippen molar-refractivity contribution < 1.29 is 9.90 Å². The Morgan fingerprint density at radius 3 is 2.76 bits per heavy atom. The van der Waals surface area contributed by atoms with Crippen molar-refractivity contribution in [1.82, 2.24) is 20.0 Å². The molecule has 1 aromatic rings. The Hall–Kier alpha value is -3.08. The van der Waals surface area contributed by atoms with Gasteiger partial charge in [0.15, 0.2) is 12.1 Å². The quantitative estimate of drug-likeness (QED) is 0.584. The summed E-state index contributed by atoms with van der Waals surface area (Å²) in [7, 11) is 0. The molecule has 4 rings (SSSR count). The molecule has 0 amide bonds. The smallest absolute Gasteiger partial charge is 0.218 e. The van der Waals surface area contributed by atoms with Crippen LogP contribution < -0.4 is 5.32 Å². The second-order valence-corrected chi connectivity index (χ2v) is 7.11. The molecule has 29 heavy (non-hydrogen) atoms. The first-order valence-corrected chi connectivity index (χ1v) is 9.84. The number of nitrogens with zero attached hydrogens (tertiary/aromatic N) is 4. The van der Waals surface area contributed by atoms with Crippen molar-refractivity contribution in [1.29, 1.82) is 0 Å². The fourth-order valence-corrected chi connectivity index (χ4v) is 3.76. The summed E-state index contributed by atoms with van der Waals surface area (Å²) in [5.74, 6) is 6.02. The fraction of sp³-hybridized carbons (Fsp3) is 0.364. The molecule has 3 aliphatic rings. The van der Waals surface area contributed by atoms with Crippen molar-refractivity contribution in [3.63, 3.8) is 0 Å². The summed E-state index contributed by atoms with van der Waals surface area (Å²) in [5, 5.41) is 14.4. The summed E-state index contributed by atoms with van der Waals surface area (Å²) >= 11 is 0. The summed E-state index contributed by atoms with van der Waals surface area (Å²) in [6.07, 6.45) is 3.39. The lowest BCUT2D eigenvalue weighted by Gasteiger charge is -2.37. The number of hydrogen-bond acceptors (Lipinski definition) is 7. The van der Waals surface area contributed by atoms with Crippen LogP contribution in [0.3, 0.4) is 0 Å². The Kier molecular flexibility index (Phi) is 5.65. The van der Waals surface area contributed by atoms with Crippen LogP contribution in [0.5, 0.6) is 0 Å². The molecule has 7 nitrogen and oxygen atoms in total. The first-order valence-electron chi connectivity index (χ1n) is 9.84. The predicted octanol–water partition coefficient (Wildman–Crippen LogP) is 1.39. The normalized spacial score (nSPS) is 21.6. The van der Waals surface area contributed by atoms with Gasteiger partial charge in [0.2, 0.25) is 5.88 Å². The van der Waals surface area contributed by atoms with Crippen LogP contribution in [0.4, 0.5) is 0 Å². The molecule has 0 radical (unpaired) electrons. The van der Waals surface area contributed by atoms with Crippen LogP contribution >= 0.6 is 0 Å². The summed E-state index contributed by atoms with van der Waals surface area (Å²) < 4.78 is 0. The molecule has 0 aromatic heterocycles. The number of ketones is 1. The van der Waals surface area contributed by atoms with Crippen LogP contribution in [0.2, 0.25) is 0 Å². The average molecular weight is 391 g/mol. The number of Topliss-reactive ketones (excluding diaryl/α,β-unsaturated/α-hetero) is 1. The van der Waals surface area contributed by atoms with Crippen LogP contribution in [-0.2, 0) is 0 Å². The minimum absolute atomic E-state index is 0.0473. The van der Waals surface area contributed by atoms with E-state index in [-0.39, 0.29) is 24.5 Å². The largest absolute Gasteiger partial charge is 0.493 e. The number of benzene rings is 1. The van der Waals surface area contributed by atoms with E-state index in [2.05, 4.69) is 22.1 Å². The molecule has 150 valence electrons. The van der Waals surface area contributed by atoms with Gasteiger partial charge in [0.05, 0.1) is 18.8 Å². The second-order valence-electron chi connectivity index (χ2n) is 7.11. The van der Waals surface area contributed by atoms with E-state index in [0.29, 0.717) is 17.8 Å². The van der Waals surface area contributed by atoms with Crippen LogP contribution in [0.15, 0.2) is 59.2 Å². The van der Waals surface area contributed by atoms with Crippen molar-refractivity contribution in [3.8, 4) is 11.8 Å².